The van der Waals surface area contributed by atoms with E-state index in [0.29, 0.717) is 11.3 Å². The molecule has 1 rings (SSSR count). The van der Waals surface area contributed by atoms with Crippen molar-refractivity contribution in [2.75, 3.05) is 0 Å². The van der Waals surface area contributed by atoms with Crippen molar-refractivity contribution in [1.29, 1.82) is 0 Å². The third-order valence-electron chi connectivity index (χ3n) is 4.54. The fourth-order valence-electron chi connectivity index (χ4n) is 2.38. The Kier molecular flexibility index (Phi) is 3.99. The first kappa shape index (κ1) is 12.8. The summed E-state index contributed by atoms with van der Waals surface area (Å²) in [7, 11) is 0. The fraction of sp³-hybridized carbons (Fsp3) is 0.857. The van der Waals surface area contributed by atoms with Crippen LogP contribution in [0.3, 0.4) is 0 Å². The second-order valence-electron chi connectivity index (χ2n) is 5.84. The molecule has 0 saturated carbocycles. The van der Waals surface area contributed by atoms with Gasteiger partial charge in [-0.3, -0.25) is 0 Å². The molecule has 0 aromatic carbocycles. The van der Waals surface area contributed by atoms with E-state index >= 15 is 0 Å². The van der Waals surface area contributed by atoms with E-state index in [4.69, 9.17) is 0 Å². The van der Waals surface area contributed by atoms with Gasteiger partial charge in [-0.25, -0.2) is 0 Å². The lowest BCUT2D eigenvalue weighted by Crippen LogP contribution is -2.22. The number of rotatable bonds is 4. The molecule has 1 nitrogen and oxygen atoms in total. The monoisotopic (exact) mass is 210 g/mol. The Bertz CT molecular complexity index is 238. The topological polar surface area (TPSA) is 20.2 Å². The summed E-state index contributed by atoms with van der Waals surface area (Å²) in [5.41, 5.74) is 1.91. The first-order chi connectivity index (χ1) is 6.85. The number of aliphatic hydroxyl groups is 1. The highest BCUT2D eigenvalue weighted by Gasteiger charge is 2.34. The van der Waals surface area contributed by atoms with Crippen LogP contribution in [0, 0.1) is 17.3 Å². The van der Waals surface area contributed by atoms with Crippen LogP contribution in [0.25, 0.3) is 0 Å². The maximum absolute atomic E-state index is 9.46. The van der Waals surface area contributed by atoms with Crippen molar-refractivity contribution in [3.8, 4) is 0 Å². The van der Waals surface area contributed by atoms with E-state index in [1.165, 1.54) is 18.4 Å². The van der Waals surface area contributed by atoms with Crippen molar-refractivity contribution in [1.82, 2.24) is 0 Å². The molecule has 0 unspecified atom stereocenters. The lowest BCUT2D eigenvalue weighted by molar-refractivity contribution is 0.120. The third kappa shape index (κ3) is 2.84. The molecule has 0 saturated heterocycles. The molecule has 0 bridgehead atoms. The summed E-state index contributed by atoms with van der Waals surface area (Å²) < 4.78 is 0. The Labute approximate surface area is 94.6 Å². The Morgan fingerprint density at radius 1 is 1.47 bits per heavy atom. The maximum Gasteiger partial charge on any atom is 0.0537 e. The quantitative estimate of drug-likeness (QED) is 0.700. The van der Waals surface area contributed by atoms with E-state index in [2.05, 4.69) is 33.8 Å². The van der Waals surface area contributed by atoms with E-state index in [-0.39, 0.29) is 6.10 Å². The minimum Gasteiger partial charge on any atom is -0.393 e. The summed E-state index contributed by atoms with van der Waals surface area (Å²) in [5.74, 6) is 1.21. The van der Waals surface area contributed by atoms with Crippen LogP contribution in [-0.4, -0.2) is 11.2 Å². The molecule has 0 spiro atoms. The van der Waals surface area contributed by atoms with Crippen molar-refractivity contribution in [2.45, 2.75) is 60.0 Å². The predicted octanol–water partition coefficient (Wildman–Crippen LogP) is 3.78. The second-order valence-corrected chi connectivity index (χ2v) is 5.84. The fourth-order valence-corrected chi connectivity index (χ4v) is 2.38. The molecule has 0 amide bonds. The van der Waals surface area contributed by atoms with Crippen LogP contribution in [0.1, 0.15) is 53.9 Å². The Balaban J connectivity index is 2.42. The third-order valence-corrected chi connectivity index (χ3v) is 4.54. The van der Waals surface area contributed by atoms with Gasteiger partial charge in [0, 0.05) is 0 Å². The van der Waals surface area contributed by atoms with Crippen molar-refractivity contribution in [2.24, 2.45) is 17.3 Å². The Morgan fingerprint density at radius 3 is 2.47 bits per heavy atom. The lowest BCUT2D eigenvalue weighted by atomic mass is 9.74. The molecule has 1 aliphatic carbocycles. The number of aliphatic hydroxyl groups excluding tert-OH is 1. The molecule has 3 atom stereocenters. The first-order valence-corrected chi connectivity index (χ1v) is 6.21. The summed E-state index contributed by atoms with van der Waals surface area (Å²) in [4.78, 5) is 0. The summed E-state index contributed by atoms with van der Waals surface area (Å²) in [6.07, 6.45) is 5.84. The second kappa shape index (κ2) is 4.69. The average molecular weight is 210 g/mol. The normalized spacial score (nSPS) is 28.7. The zero-order valence-corrected chi connectivity index (χ0v) is 10.9. The minimum absolute atomic E-state index is 0.163. The summed E-state index contributed by atoms with van der Waals surface area (Å²) in [5, 5.41) is 9.46. The van der Waals surface area contributed by atoms with Crippen LogP contribution >= 0.6 is 0 Å². The largest absolute Gasteiger partial charge is 0.393 e. The smallest absolute Gasteiger partial charge is 0.0537 e. The molecule has 0 heterocycles. The Hall–Kier alpha value is -0.300. The molecular formula is C14H26O. The molecule has 15 heavy (non-hydrogen) atoms. The van der Waals surface area contributed by atoms with Crippen molar-refractivity contribution < 1.29 is 5.11 Å². The van der Waals surface area contributed by atoms with Crippen LogP contribution in [0.4, 0.5) is 0 Å². The van der Waals surface area contributed by atoms with Crippen LogP contribution in [-0.2, 0) is 0 Å². The van der Waals surface area contributed by atoms with Gasteiger partial charge in [-0.05, 0) is 50.4 Å². The van der Waals surface area contributed by atoms with Gasteiger partial charge < -0.3 is 5.11 Å². The van der Waals surface area contributed by atoms with Gasteiger partial charge in [0.25, 0.3) is 0 Å². The molecule has 1 aliphatic rings. The average Bonchev–Trinajstić information content (AvgIpc) is 2.39. The van der Waals surface area contributed by atoms with E-state index in [1.54, 1.807) is 0 Å². The highest BCUT2D eigenvalue weighted by atomic mass is 16.3. The van der Waals surface area contributed by atoms with Crippen LogP contribution in [0.15, 0.2) is 11.6 Å². The predicted molar refractivity (Wildman–Crippen MR) is 65.7 cm³/mol. The molecule has 1 heteroatoms. The van der Waals surface area contributed by atoms with E-state index in [9.17, 15) is 5.11 Å². The molecule has 0 radical (unpaired) electrons. The maximum atomic E-state index is 9.46. The SMILES string of the molecule is CC1=CC[C@@H](CC[C@@H](C)[C@H](C)O)C1(C)C. The van der Waals surface area contributed by atoms with E-state index in [0.717, 1.165) is 12.3 Å². The van der Waals surface area contributed by atoms with Gasteiger partial charge in [-0.1, -0.05) is 32.4 Å². The standard InChI is InChI=1S/C14H26O/c1-10(12(3)15)6-8-13-9-7-11(2)14(13,4)5/h7,10,12-13,15H,6,8-9H2,1-5H3/t10-,12+,13-/m1/s1. The van der Waals surface area contributed by atoms with Gasteiger partial charge in [0.1, 0.15) is 0 Å². The molecule has 0 aromatic heterocycles. The molecule has 0 fully saturated rings. The molecule has 0 aromatic rings. The highest BCUT2D eigenvalue weighted by molar-refractivity contribution is 5.18. The van der Waals surface area contributed by atoms with Gasteiger partial charge in [-0.2, -0.15) is 0 Å². The van der Waals surface area contributed by atoms with Crippen molar-refractivity contribution >= 4 is 0 Å². The van der Waals surface area contributed by atoms with Gasteiger partial charge >= 0.3 is 0 Å². The zero-order chi connectivity index (χ0) is 11.6. The lowest BCUT2D eigenvalue weighted by Gasteiger charge is -2.30. The van der Waals surface area contributed by atoms with E-state index in [1.807, 2.05) is 6.92 Å². The van der Waals surface area contributed by atoms with Crippen molar-refractivity contribution in [3.63, 3.8) is 0 Å². The van der Waals surface area contributed by atoms with Gasteiger partial charge in [0.05, 0.1) is 6.10 Å². The van der Waals surface area contributed by atoms with Crippen LogP contribution in [0.5, 0.6) is 0 Å². The molecular weight excluding hydrogens is 184 g/mol. The number of allylic oxidation sites excluding steroid dienone is 2. The minimum atomic E-state index is -0.163. The number of hydrogen-bond acceptors (Lipinski definition) is 1. The number of hydrogen-bond donors (Lipinski definition) is 1. The molecule has 88 valence electrons. The van der Waals surface area contributed by atoms with Crippen LogP contribution < -0.4 is 0 Å². The summed E-state index contributed by atoms with van der Waals surface area (Å²) >= 11 is 0. The van der Waals surface area contributed by atoms with Crippen LogP contribution in [0.2, 0.25) is 0 Å². The van der Waals surface area contributed by atoms with Gasteiger partial charge in [0.2, 0.25) is 0 Å². The van der Waals surface area contributed by atoms with Gasteiger partial charge in [0.15, 0.2) is 0 Å². The Morgan fingerprint density at radius 2 is 2.07 bits per heavy atom. The zero-order valence-electron chi connectivity index (χ0n) is 10.9. The van der Waals surface area contributed by atoms with E-state index < -0.39 is 0 Å². The molecule has 1 N–H and O–H groups in total. The first-order valence-electron chi connectivity index (χ1n) is 6.21. The van der Waals surface area contributed by atoms with Crippen molar-refractivity contribution in [3.05, 3.63) is 11.6 Å². The summed E-state index contributed by atoms with van der Waals surface area (Å²) in [6.45, 7) is 11.0. The summed E-state index contributed by atoms with van der Waals surface area (Å²) in [6, 6.07) is 0. The molecule has 0 aliphatic heterocycles. The van der Waals surface area contributed by atoms with Gasteiger partial charge in [-0.15, -0.1) is 0 Å². The highest BCUT2D eigenvalue weighted by Crippen LogP contribution is 2.45.